The minimum Gasteiger partial charge on any atom is -0.508 e. The second-order valence-corrected chi connectivity index (χ2v) is 15.6. The Kier molecular flexibility index (Phi) is 14.1. The summed E-state index contributed by atoms with van der Waals surface area (Å²) in [6.07, 6.45) is 3.55. The first-order chi connectivity index (χ1) is 26.7. The molecule has 0 saturated heterocycles. The van der Waals surface area contributed by atoms with Gasteiger partial charge < -0.3 is 15.3 Å². The molecule has 0 radical (unpaired) electrons. The molecule has 0 saturated carbocycles. The predicted molar refractivity (Wildman–Crippen MR) is 217 cm³/mol. The van der Waals surface area contributed by atoms with Gasteiger partial charge in [-0.2, -0.15) is 18.8 Å². The number of halogens is 2. The lowest BCUT2D eigenvalue weighted by atomic mass is 10.2. The van der Waals surface area contributed by atoms with Crippen LogP contribution in [0.4, 0.5) is 33.0 Å². The maximum atomic E-state index is 11.4. The summed E-state index contributed by atoms with van der Waals surface area (Å²) in [5.41, 5.74) is 3.07. The van der Waals surface area contributed by atoms with Crippen LogP contribution < -0.4 is 5.14 Å². The number of hydrogen-bond donors (Lipinski definition) is 4. The Morgan fingerprint density at radius 2 is 1.36 bits per heavy atom. The highest BCUT2D eigenvalue weighted by molar-refractivity contribution is 7.98. The number of aromatic hydroxyl groups is 3. The first-order valence-corrected chi connectivity index (χ1v) is 20.6. The predicted octanol–water partition coefficient (Wildman–Crippen LogP) is 10.6. The first-order valence-electron chi connectivity index (χ1n) is 15.5. The lowest BCUT2D eigenvalue weighted by molar-refractivity contribution is 0.471. The number of thioether (sulfide) groups is 1. The zero-order valence-electron chi connectivity index (χ0n) is 29.1. The summed E-state index contributed by atoms with van der Waals surface area (Å²) in [7, 11) is -2.01. The van der Waals surface area contributed by atoms with Gasteiger partial charge in [-0.05, 0) is 103 Å². The number of fused-ring (bicyclic) bond motifs is 1. The van der Waals surface area contributed by atoms with Gasteiger partial charge in [-0.3, -0.25) is 0 Å². The van der Waals surface area contributed by atoms with Crippen LogP contribution >= 0.6 is 58.0 Å². The minimum atomic E-state index is -3.81. The summed E-state index contributed by atoms with van der Waals surface area (Å²) >= 11 is 15.2. The average Bonchev–Trinajstić information content (AvgIpc) is 3.93. The van der Waals surface area contributed by atoms with Crippen molar-refractivity contribution in [2.45, 2.75) is 17.0 Å². The van der Waals surface area contributed by atoms with E-state index in [1.54, 1.807) is 60.4 Å². The van der Waals surface area contributed by atoms with Gasteiger partial charge in [0, 0.05) is 30.0 Å². The zero-order chi connectivity index (χ0) is 40.4. The van der Waals surface area contributed by atoms with Crippen molar-refractivity contribution in [3.63, 3.8) is 0 Å². The number of nitrogens with zero attached hydrogens (tertiary/aromatic N) is 11. The number of hydrogen-bond acceptors (Lipinski definition) is 18. The van der Waals surface area contributed by atoms with Crippen molar-refractivity contribution < 1.29 is 23.7 Å². The van der Waals surface area contributed by atoms with Crippen LogP contribution in [0.15, 0.2) is 126 Å². The Morgan fingerprint density at radius 1 is 0.750 bits per heavy atom. The maximum absolute atomic E-state index is 11.4. The van der Waals surface area contributed by atoms with Crippen molar-refractivity contribution in [1.82, 2.24) is 23.5 Å². The summed E-state index contributed by atoms with van der Waals surface area (Å²) in [5.74, 6) is 0.920. The third-order valence-electron chi connectivity index (χ3n) is 6.95. The monoisotopic (exact) mass is 870 g/mol. The first kappa shape index (κ1) is 41.7. The summed E-state index contributed by atoms with van der Waals surface area (Å²) in [5, 5.41) is 63.7. The van der Waals surface area contributed by atoms with Crippen molar-refractivity contribution in [2.24, 2.45) is 42.9 Å². The third-order valence-corrected chi connectivity index (χ3v) is 10.5. The quantitative estimate of drug-likeness (QED) is 0.0830. The van der Waals surface area contributed by atoms with Crippen LogP contribution in [0.5, 0.6) is 17.2 Å². The van der Waals surface area contributed by atoms with E-state index in [0.29, 0.717) is 49.1 Å². The van der Waals surface area contributed by atoms with E-state index in [4.69, 9.17) is 28.3 Å². The SMILES string of the molecule is CSc1nsc(N=Nc2ccc(O)c(Cl)c2)n1.Cc1cc(N=Nc2ccnn2C)ccc1O.NS(=O)(=O)c1ccc2nsc(N=Nc3ccc(O)c(Cl)c3)c2c1. The van der Waals surface area contributed by atoms with E-state index >= 15 is 0 Å². The smallest absolute Gasteiger partial charge is 0.250 e. The Morgan fingerprint density at radius 3 is 1.91 bits per heavy atom. The van der Waals surface area contributed by atoms with E-state index in [1.165, 1.54) is 59.7 Å². The molecule has 7 rings (SSSR count). The maximum Gasteiger partial charge on any atom is 0.250 e. The van der Waals surface area contributed by atoms with Crippen molar-refractivity contribution in [3.05, 3.63) is 101 Å². The highest BCUT2D eigenvalue weighted by Gasteiger charge is 2.13. The number of azo groups is 3. The van der Waals surface area contributed by atoms with Gasteiger partial charge in [0.15, 0.2) is 10.8 Å². The number of rotatable bonds is 8. The van der Waals surface area contributed by atoms with Crippen LogP contribution in [0.2, 0.25) is 10.0 Å². The van der Waals surface area contributed by atoms with Crippen LogP contribution in [0.1, 0.15) is 5.56 Å². The Labute approximate surface area is 341 Å². The molecular formula is C33H28Cl2N12O5S4. The molecule has 3 aromatic heterocycles. The molecule has 56 heavy (non-hydrogen) atoms. The van der Waals surface area contributed by atoms with Crippen molar-refractivity contribution in [1.29, 1.82) is 0 Å². The highest BCUT2D eigenvalue weighted by atomic mass is 35.5. The van der Waals surface area contributed by atoms with Gasteiger partial charge >= 0.3 is 0 Å². The van der Waals surface area contributed by atoms with Gasteiger partial charge in [-0.25, -0.2) is 18.2 Å². The number of nitrogens with two attached hydrogens (primary N) is 1. The molecule has 7 aromatic rings. The molecule has 4 aromatic carbocycles. The number of phenols is 3. The van der Waals surface area contributed by atoms with Crippen LogP contribution in [0.3, 0.4) is 0 Å². The highest BCUT2D eigenvalue weighted by Crippen LogP contribution is 2.35. The van der Waals surface area contributed by atoms with Crippen LogP contribution in [-0.2, 0) is 17.1 Å². The molecule has 0 aliphatic heterocycles. The van der Waals surface area contributed by atoms with Crippen LogP contribution in [0.25, 0.3) is 10.9 Å². The Hall–Kier alpha value is -5.42. The van der Waals surface area contributed by atoms with Gasteiger partial charge in [0.2, 0.25) is 20.3 Å². The number of phenolic OH excluding ortho intramolecular Hbond substituents is 3. The van der Waals surface area contributed by atoms with Gasteiger partial charge in [0.25, 0.3) is 0 Å². The van der Waals surface area contributed by atoms with E-state index in [9.17, 15) is 23.7 Å². The van der Waals surface area contributed by atoms with Gasteiger partial charge in [-0.1, -0.05) is 35.0 Å². The number of aryl methyl sites for hydroxylation is 2. The molecule has 288 valence electrons. The number of aromatic nitrogens is 5. The minimum absolute atomic E-state index is 0.0191. The molecule has 5 N–H and O–H groups in total. The van der Waals surface area contributed by atoms with Gasteiger partial charge in [0.1, 0.15) is 17.2 Å². The van der Waals surface area contributed by atoms with Crippen molar-refractivity contribution in [3.8, 4) is 17.2 Å². The standard InChI is InChI=1S/C13H9ClN4O3S2.C11H12N4O.C9H7ClN4OS2/c14-10-5-7(1-4-12(10)19)16-17-13-9-6-8(23(15,20)21)2-3-11(9)18-22-13;1-8-7-9(3-4-10(8)16)13-14-11-5-6-12-15(11)2;1-16-9-11-8(17-14-9)13-12-5-2-3-7(15)6(10)4-5/h1-6,19H,(H2,15,20,21);3-7,16H,1-2H3;2-4,15H,1H3. The van der Waals surface area contributed by atoms with E-state index in [2.05, 4.69) is 49.5 Å². The summed E-state index contributed by atoms with van der Waals surface area (Å²) in [6.45, 7) is 1.82. The molecule has 0 atom stereocenters. The molecule has 0 fully saturated rings. The molecule has 0 aliphatic carbocycles. The van der Waals surface area contributed by atoms with E-state index in [1.807, 2.05) is 13.2 Å². The fraction of sp³-hybridized carbons (Fsp3) is 0.0909. The molecule has 0 spiro atoms. The summed E-state index contributed by atoms with van der Waals surface area (Å²) < 4.78 is 32.7. The van der Waals surface area contributed by atoms with E-state index < -0.39 is 10.0 Å². The van der Waals surface area contributed by atoms with Gasteiger partial charge in [-0.15, -0.1) is 30.7 Å². The van der Waals surface area contributed by atoms with E-state index in [-0.39, 0.29) is 32.2 Å². The number of sulfonamides is 1. The molecule has 17 nitrogen and oxygen atoms in total. The van der Waals surface area contributed by atoms with E-state index in [0.717, 1.165) is 17.1 Å². The fourth-order valence-corrected chi connectivity index (χ4v) is 6.70. The van der Waals surface area contributed by atoms with Crippen LogP contribution in [0, 0.1) is 6.92 Å². The second kappa shape index (κ2) is 18.9. The molecule has 0 aliphatic rings. The van der Waals surface area contributed by atoms with Gasteiger partial charge in [0.05, 0.1) is 43.7 Å². The molecule has 0 amide bonds. The summed E-state index contributed by atoms with van der Waals surface area (Å²) in [4.78, 5) is 4.09. The number of primary sulfonamides is 1. The second-order valence-electron chi connectivity index (χ2n) is 10.9. The Bertz CT molecular complexity index is 2680. The molecule has 23 heteroatoms. The fourth-order valence-electron chi connectivity index (χ4n) is 4.08. The Balaban J connectivity index is 0.000000164. The zero-order valence-corrected chi connectivity index (χ0v) is 33.9. The van der Waals surface area contributed by atoms with Crippen LogP contribution in [-0.4, -0.2) is 53.5 Å². The topological polar surface area (TPSA) is 252 Å². The molecule has 0 bridgehead atoms. The normalized spacial score (nSPS) is 11.6. The number of benzene rings is 4. The average molecular weight is 872 g/mol. The molecular weight excluding hydrogens is 844 g/mol. The largest absolute Gasteiger partial charge is 0.508 e. The molecule has 3 heterocycles. The van der Waals surface area contributed by atoms with Crippen molar-refractivity contribution >= 4 is 112 Å². The lowest BCUT2D eigenvalue weighted by Crippen LogP contribution is -2.11. The van der Waals surface area contributed by atoms with Crippen molar-refractivity contribution in [2.75, 3.05) is 6.26 Å². The molecule has 0 unspecified atom stereocenters. The lowest BCUT2D eigenvalue weighted by Gasteiger charge is -1.98. The third kappa shape index (κ3) is 11.6. The summed E-state index contributed by atoms with van der Waals surface area (Å²) in [6, 6.07) is 20.2.